The zero-order valence-corrected chi connectivity index (χ0v) is 23.0. The summed E-state index contributed by atoms with van der Waals surface area (Å²) < 4.78 is 45.6. The first kappa shape index (κ1) is 29.6. The number of ether oxygens (including phenoxy) is 4. The molecule has 1 amide bonds. The molecule has 198 valence electrons. The van der Waals surface area contributed by atoms with Crippen molar-refractivity contribution in [3.63, 3.8) is 0 Å². The molecule has 0 fully saturated rings. The molecule has 10 nitrogen and oxygen atoms in total. The fraction of sp³-hybridized carbons (Fsp3) is 0.652. The number of carbonyl (C=O) groups is 1. The van der Waals surface area contributed by atoms with Gasteiger partial charge in [-0.1, -0.05) is 11.8 Å². The van der Waals surface area contributed by atoms with E-state index in [4.69, 9.17) is 28.0 Å². The number of amides is 1. The van der Waals surface area contributed by atoms with E-state index in [0.29, 0.717) is 54.4 Å². The summed E-state index contributed by atoms with van der Waals surface area (Å²) in [5, 5.41) is 3.28. The van der Waals surface area contributed by atoms with Gasteiger partial charge in [-0.3, -0.25) is 14.4 Å². The molecule has 1 aromatic rings. The van der Waals surface area contributed by atoms with Crippen molar-refractivity contribution in [3.8, 4) is 11.5 Å². The Morgan fingerprint density at radius 2 is 1.60 bits per heavy atom. The van der Waals surface area contributed by atoms with Gasteiger partial charge in [0.25, 0.3) is 5.91 Å². The minimum absolute atomic E-state index is 0.164. The Kier molecular flexibility index (Phi) is 12.5. The van der Waals surface area contributed by atoms with Crippen LogP contribution in [0, 0.1) is 0 Å². The van der Waals surface area contributed by atoms with Crippen molar-refractivity contribution in [1.82, 2.24) is 5.32 Å². The summed E-state index contributed by atoms with van der Waals surface area (Å²) in [5.74, 6) is 1.18. The monoisotopic (exact) mass is 532 g/mol. The lowest BCUT2D eigenvalue weighted by Crippen LogP contribution is -2.28. The molecule has 1 aromatic carbocycles. The molecule has 0 bridgehead atoms. The summed E-state index contributed by atoms with van der Waals surface area (Å²) in [6, 6.07) is 4.74. The molecule has 35 heavy (non-hydrogen) atoms. The Morgan fingerprint density at radius 1 is 1.06 bits per heavy atom. The molecule has 0 spiro atoms. The predicted octanol–water partition coefficient (Wildman–Crippen LogP) is 3.98. The van der Waals surface area contributed by atoms with Crippen LogP contribution in [-0.2, 0) is 23.1 Å². The second-order valence-electron chi connectivity index (χ2n) is 7.94. The number of amidine groups is 1. The number of hydrogen-bond acceptors (Lipinski definition) is 10. The first-order valence-corrected chi connectivity index (χ1v) is 14.3. The third-order valence-corrected chi connectivity index (χ3v) is 7.84. The highest BCUT2D eigenvalue weighted by molar-refractivity contribution is 8.14. The summed E-state index contributed by atoms with van der Waals surface area (Å²) in [4.78, 5) is 17.6. The first-order chi connectivity index (χ1) is 16.7. The minimum atomic E-state index is -3.23. The van der Waals surface area contributed by atoms with Gasteiger partial charge in [0.05, 0.1) is 38.6 Å². The molecule has 0 aromatic heterocycles. The Morgan fingerprint density at radius 3 is 2.09 bits per heavy atom. The predicted molar refractivity (Wildman–Crippen MR) is 137 cm³/mol. The van der Waals surface area contributed by atoms with Crippen molar-refractivity contribution in [3.05, 3.63) is 23.8 Å². The largest absolute Gasteiger partial charge is 0.488 e. The fourth-order valence-corrected chi connectivity index (χ4v) is 6.29. The average molecular weight is 533 g/mol. The van der Waals surface area contributed by atoms with E-state index in [2.05, 4.69) is 10.3 Å². The Hall–Kier alpha value is -1.62. The maximum Gasteiger partial charge on any atom is 0.332 e. The zero-order valence-electron chi connectivity index (χ0n) is 21.3. The third kappa shape index (κ3) is 10.1. The van der Waals surface area contributed by atoms with Crippen LogP contribution in [0.15, 0.2) is 23.2 Å². The number of nitrogens with one attached hydrogen (secondary N) is 1. The molecule has 1 heterocycles. The summed E-state index contributed by atoms with van der Waals surface area (Å²) in [6.07, 6.45) is -0.272. The van der Waals surface area contributed by atoms with E-state index in [9.17, 15) is 9.36 Å². The fourth-order valence-electron chi connectivity index (χ4n) is 3.38. The van der Waals surface area contributed by atoms with Crippen molar-refractivity contribution >= 4 is 30.4 Å². The van der Waals surface area contributed by atoms with Gasteiger partial charge in [-0.15, -0.1) is 0 Å². The molecule has 1 aliphatic heterocycles. The molecule has 1 aliphatic rings. The van der Waals surface area contributed by atoms with E-state index in [1.54, 1.807) is 46.3 Å². The normalized spacial score (nSPS) is 17.5. The topological polar surface area (TPSA) is 114 Å². The van der Waals surface area contributed by atoms with Crippen LogP contribution in [0.25, 0.3) is 0 Å². The van der Waals surface area contributed by atoms with Crippen LogP contribution in [0.2, 0.25) is 0 Å². The molecule has 1 N–H and O–H groups in total. The van der Waals surface area contributed by atoms with Crippen molar-refractivity contribution < 1.29 is 37.4 Å². The van der Waals surface area contributed by atoms with Crippen molar-refractivity contribution in [1.29, 1.82) is 0 Å². The smallest absolute Gasteiger partial charge is 0.332 e. The SMILES string of the molecule is CCOP(=O)(CC1CSC(NC(=O)c2cc(O[C@@H](C)COC)cc(O[C@@H](C)COC)c2)=N1)OCC. The first-order valence-electron chi connectivity index (χ1n) is 11.6. The van der Waals surface area contributed by atoms with Crippen LogP contribution in [0.4, 0.5) is 0 Å². The second-order valence-corrected chi connectivity index (χ2v) is 11.1. The number of aliphatic imine (C=N–C) groups is 1. The summed E-state index contributed by atoms with van der Waals surface area (Å²) in [7, 11) is -0.0324. The highest BCUT2D eigenvalue weighted by atomic mass is 32.2. The van der Waals surface area contributed by atoms with Crippen LogP contribution in [0.1, 0.15) is 38.1 Å². The van der Waals surface area contributed by atoms with Crippen LogP contribution < -0.4 is 14.8 Å². The number of nitrogens with zero attached hydrogens (tertiary/aromatic N) is 1. The van der Waals surface area contributed by atoms with Gasteiger partial charge < -0.3 is 33.3 Å². The number of methoxy groups -OCH3 is 2. The lowest BCUT2D eigenvalue weighted by Gasteiger charge is -2.18. The summed E-state index contributed by atoms with van der Waals surface area (Å²) >= 11 is 1.38. The third-order valence-electron chi connectivity index (χ3n) is 4.64. The molecule has 0 saturated heterocycles. The number of benzene rings is 1. The van der Waals surface area contributed by atoms with E-state index < -0.39 is 7.60 Å². The van der Waals surface area contributed by atoms with Gasteiger partial charge in [-0.25, -0.2) is 0 Å². The quantitative estimate of drug-likeness (QED) is 0.335. The lowest BCUT2D eigenvalue weighted by molar-refractivity contribution is 0.0865. The second kappa shape index (κ2) is 14.8. The van der Waals surface area contributed by atoms with Gasteiger partial charge in [0.2, 0.25) is 0 Å². The van der Waals surface area contributed by atoms with Gasteiger partial charge in [-0.05, 0) is 39.8 Å². The standard InChI is InChI=1S/C23H37N2O8PS/c1-7-30-34(27,31-8-2)14-19-15-35-23(24-19)25-22(26)18-9-20(32-16(3)12-28-5)11-21(10-18)33-17(4)13-29-6/h9-11,16-17,19H,7-8,12-15H2,1-6H3,(H,24,25,26)/t16-,17-,19?/m0/s1. The summed E-state index contributed by atoms with van der Waals surface area (Å²) in [6.45, 7) is 8.66. The maximum atomic E-state index is 13.1. The number of thioether (sulfide) groups is 1. The van der Waals surface area contributed by atoms with Gasteiger partial charge in [0, 0.05) is 31.6 Å². The molecule has 0 saturated carbocycles. The highest BCUT2D eigenvalue weighted by Crippen LogP contribution is 2.49. The maximum absolute atomic E-state index is 13.1. The summed E-state index contributed by atoms with van der Waals surface area (Å²) in [5.41, 5.74) is 0.354. The molecule has 3 atom stereocenters. The minimum Gasteiger partial charge on any atom is -0.488 e. The van der Waals surface area contributed by atoms with Crippen LogP contribution in [0.5, 0.6) is 11.5 Å². The van der Waals surface area contributed by atoms with Gasteiger partial charge in [0.1, 0.15) is 23.7 Å². The zero-order chi connectivity index (χ0) is 25.8. The van der Waals surface area contributed by atoms with Crippen molar-refractivity contribution in [2.45, 2.75) is 45.9 Å². The van der Waals surface area contributed by atoms with Crippen LogP contribution in [0.3, 0.4) is 0 Å². The highest BCUT2D eigenvalue weighted by Gasteiger charge is 2.32. The Bertz CT molecular complexity index is 858. The van der Waals surface area contributed by atoms with E-state index in [1.165, 1.54) is 11.8 Å². The molecule has 1 unspecified atom stereocenters. The molecule has 0 aliphatic carbocycles. The van der Waals surface area contributed by atoms with Crippen molar-refractivity contribution in [2.24, 2.45) is 4.99 Å². The van der Waals surface area contributed by atoms with Crippen LogP contribution in [-0.4, -0.2) is 81.9 Å². The average Bonchev–Trinajstić information content (AvgIpc) is 3.20. The molecule has 12 heteroatoms. The van der Waals surface area contributed by atoms with E-state index >= 15 is 0 Å². The lowest BCUT2D eigenvalue weighted by atomic mass is 10.2. The Balaban J connectivity index is 2.15. The van der Waals surface area contributed by atoms with Gasteiger partial charge >= 0.3 is 7.60 Å². The van der Waals surface area contributed by atoms with E-state index in [-0.39, 0.29) is 30.3 Å². The van der Waals surface area contributed by atoms with E-state index in [0.717, 1.165) is 0 Å². The molecule has 2 rings (SSSR count). The number of rotatable bonds is 15. The van der Waals surface area contributed by atoms with Crippen LogP contribution >= 0.6 is 19.4 Å². The van der Waals surface area contributed by atoms with Gasteiger partial charge in [0.15, 0.2) is 5.17 Å². The Labute approximate surface area is 212 Å². The molecular formula is C23H37N2O8PS. The number of hydrogen-bond donors (Lipinski definition) is 1. The van der Waals surface area contributed by atoms with Gasteiger partial charge in [-0.2, -0.15) is 0 Å². The molecule has 0 radical (unpaired) electrons. The van der Waals surface area contributed by atoms with E-state index in [1.807, 2.05) is 13.8 Å². The van der Waals surface area contributed by atoms with Crippen molar-refractivity contribution in [2.75, 3.05) is 52.6 Å². The number of carbonyl (C=O) groups excluding carboxylic acids is 1. The molecular weight excluding hydrogens is 495 g/mol.